The van der Waals surface area contributed by atoms with Crippen LogP contribution >= 0.6 is 0 Å². The fraction of sp³-hybridized carbons (Fsp3) is 0.438. The molecule has 104 valence electrons. The van der Waals surface area contributed by atoms with Crippen LogP contribution in [0.15, 0.2) is 24.3 Å². The first kappa shape index (κ1) is 15.3. The predicted molar refractivity (Wildman–Crippen MR) is 77.4 cm³/mol. The minimum absolute atomic E-state index is 0.0525. The van der Waals surface area contributed by atoms with E-state index in [1.807, 2.05) is 32.0 Å². The highest BCUT2D eigenvalue weighted by atomic mass is 16.5. The van der Waals surface area contributed by atoms with Crippen LogP contribution in [0, 0.1) is 12.8 Å². The van der Waals surface area contributed by atoms with E-state index in [9.17, 15) is 4.79 Å². The smallest absolute Gasteiger partial charge is 0.307 e. The van der Waals surface area contributed by atoms with Gasteiger partial charge in [-0.15, -0.1) is 0 Å². The Kier molecular flexibility index (Phi) is 5.61. The summed E-state index contributed by atoms with van der Waals surface area (Å²) in [5.74, 6) is 0.548. The number of carboxylic acids is 1. The molecule has 0 saturated carbocycles. The van der Waals surface area contributed by atoms with Crippen molar-refractivity contribution < 1.29 is 14.6 Å². The van der Waals surface area contributed by atoms with Crippen LogP contribution in [0.25, 0.3) is 5.57 Å². The molecule has 0 aliphatic heterocycles. The zero-order valence-electron chi connectivity index (χ0n) is 12.1. The molecule has 0 spiro atoms. The van der Waals surface area contributed by atoms with Gasteiger partial charge in [0.1, 0.15) is 5.75 Å². The quantitative estimate of drug-likeness (QED) is 0.845. The summed E-state index contributed by atoms with van der Waals surface area (Å²) < 4.78 is 5.67. The van der Waals surface area contributed by atoms with E-state index in [0.29, 0.717) is 12.5 Å². The molecular formula is C16H22O3. The maximum atomic E-state index is 10.6. The van der Waals surface area contributed by atoms with Crippen LogP contribution < -0.4 is 4.74 Å². The fourth-order valence-corrected chi connectivity index (χ4v) is 1.78. The Morgan fingerprint density at radius 3 is 2.63 bits per heavy atom. The van der Waals surface area contributed by atoms with E-state index in [1.54, 1.807) is 6.08 Å². The number of ether oxygens (including phenoxy) is 1. The summed E-state index contributed by atoms with van der Waals surface area (Å²) in [6.45, 7) is 8.86. The molecule has 0 amide bonds. The molecule has 0 heterocycles. The van der Waals surface area contributed by atoms with Crippen molar-refractivity contribution in [2.45, 2.75) is 34.1 Å². The van der Waals surface area contributed by atoms with Crippen molar-refractivity contribution in [3.8, 4) is 5.75 Å². The van der Waals surface area contributed by atoms with Crippen LogP contribution in [0.4, 0.5) is 0 Å². The minimum Gasteiger partial charge on any atom is -0.493 e. The van der Waals surface area contributed by atoms with E-state index in [1.165, 1.54) is 0 Å². The molecule has 0 bridgehead atoms. The van der Waals surface area contributed by atoms with Gasteiger partial charge >= 0.3 is 5.97 Å². The second kappa shape index (κ2) is 6.98. The summed E-state index contributed by atoms with van der Waals surface area (Å²) in [4.78, 5) is 10.6. The first-order valence-electron chi connectivity index (χ1n) is 6.52. The Labute approximate surface area is 114 Å². The molecular weight excluding hydrogens is 240 g/mol. The average molecular weight is 262 g/mol. The third kappa shape index (κ3) is 5.16. The van der Waals surface area contributed by atoms with Gasteiger partial charge in [0.05, 0.1) is 13.0 Å². The monoisotopic (exact) mass is 262 g/mol. The lowest BCUT2D eigenvalue weighted by Gasteiger charge is -2.12. The number of carbonyl (C=O) groups is 1. The van der Waals surface area contributed by atoms with Crippen LogP contribution in [-0.4, -0.2) is 17.7 Å². The van der Waals surface area contributed by atoms with Crippen LogP contribution in [0.5, 0.6) is 5.75 Å². The van der Waals surface area contributed by atoms with E-state index in [2.05, 4.69) is 13.8 Å². The van der Waals surface area contributed by atoms with Gasteiger partial charge in [0.2, 0.25) is 0 Å². The van der Waals surface area contributed by atoms with Gasteiger partial charge in [-0.05, 0) is 48.6 Å². The molecule has 0 atom stereocenters. The average Bonchev–Trinajstić information content (AvgIpc) is 2.33. The van der Waals surface area contributed by atoms with Crippen LogP contribution in [-0.2, 0) is 4.79 Å². The molecule has 19 heavy (non-hydrogen) atoms. The van der Waals surface area contributed by atoms with Crippen molar-refractivity contribution >= 4 is 11.5 Å². The Hall–Kier alpha value is -1.77. The second-order valence-electron chi connectivity index (χ2n) is 5.17. The van der Waals surface area contributed by atoms with Crippen molar-refractivity contribution in [2.75, 3.05) is 6.61 Å². The highest BCUT2D eigenvalue weighted by Crippen LogP contribution is 2.23. The van der Waals surface area contributed by atoms with E-state index < -0.39 is 5.97 Å². The highest BCUT2D eigenvalue weighted by Gasteiger charge is 2.04. The number of hydrogen-bond donors (Lipinski definition) is 1. The molecule has 1 N–H and O–H groups in total. The molecule has 3 heteroatoms. The van der Waals surface area contributed by atoms with E-state index in [-0.39, 0.29) is 6.42 Å². The SMILES string of the molecule is C/C(=C\CC(=O)O)c1ccc(OCC(C)C)cc1C. The lowest BCUT2D eigenvalue weighted by Crippen LogP contribution is -2.04. The molecule has 0 fully saturated rings. The number of aryl methyl sites for hydroxylation is 1. The minimum atomic E-state index is -0.811. The normalized spacial score (nSPS) is 11.7. The Bertz CT molecular complexity index is 473. The van der Waals surface area contributed by atoms with Gasteiger partial charge in [-0.1, -0.05) is 26.0 Å². The summed E-state index contributed by atoms with van der Waals surface area (Å²) >= 11 is 0. The Morgan fingerprint density at radius 2 is 2.11 bits per heavy atom. The largest absolute Gasteiger partial charge is 0.493 e. The summed E-state index contributed by atoms with van der Waals surface area (Å²) in [7, 11) is 0. The topological polar surface area (TPSA) is 46.5 Å². The van der Waals surface area contributed by atoms with Crippen LogP contribution in [0.2, 0.25) is 0 Å². The maximum Gasteiger partial charge on any atom is 0.307 e. The summed E-state index contributed by atoms with van der Waals surface area (Å²) in [5, 5.41) is 8.68. The fourth-order valence-electron chi connectivity index (χ4n) is 1.78. The summed E-state index contributed by atoms with van der Waals surface area (Å²) in [6.07, 6.45) is 1.79. The number of benzene rings is 1. The third-order valence-electron chi connectivity index (χ3n) is 2.79. The molecule has 0 aliphatic carbocycles. The lowest BCUT2D eigenvalue weighted by atomic mass is 10.0. The molecule has 0 unspecified atom stereocenters. The summed E-state index contributed by atoms with van der Waals surface area (Å²) in [6, 6.07) is 5.91. The van der Waals surface area contributed by atoms with Crippen LogP contribution in [0.3, 0.4) is 0 Å². The molecule has 1 rings (SSSR count). The van der Waals surface area contributed by atoms with Gasteiger partial charge < -0.3 is 9.84 Å². The van der Waals surface area contributed by atoms with Crippen molar-refractivity contribution in [1.29, 1.82) is 0 Å². The van der Waals surface area contributed by atoms with E-state index in [0.717, 1.165) is 22.4 Å². The van der Waals surface area contributed by atoms with Gasteiger partial charge in [0.25, 0.3) is 0 Å². The Balaban J connectivity index is 2.82. The van der Waals surface area contributed by atoms with Crippen molar-refractivity contribution in [3.63, 3.8) is 0 Å². The molecule has 0 saturated heterocycles. The molecule has 3 nitrogen and oxygen atoms in total. The number of carboxylic acid groups (broad SMARTS) is 1. The van der Waals surface area contributed by atoms with Gasteiger partial charge in [0, 0.05) is 0 Å². The Morgan fingerprint density at radius 1 is 1.42 bits per heavy atom. The molecule has 0 aromatic heterocycles. The molecule has 0 radical (unpaired) electrons. The zero-order valence-corrected chi connectivity index (χ0v) is 12.1. The number of rotatable bonds is 6. The van der Waals surface area contributed by atoms with Crippen molar-refractivity contribution in [2.24, 2.45) is 5.92 Å². The number of allylic oxidation sites excluding steroid dienone is 1. The second-order valence-corrected chi connectivity index (χ2v) is 5.17. The highest BCUT2D eigenvalue weighted by molar-refractivity contribution is 5.74. The predicted octanol–water partition coefficient (Wildman–Crippen LogP) is 3.91. The molecule has 1 aromatic carbocycles. The van der Waals surface area contributed by atoms with Crippen molar-refractivity contribution in [1.82, 2.24) is 0 Å². The van der Waals surface area contributed by atoms with Crippen molar-refractivity contribution in [3.05, 3.63) is 35.4 Å². The van der Waals surface area contributed by atoms with E-state index >= 15 is 0 Å². The first-order chi connectivity index (χ1) is 8.90. The zero-order chi connectivity index (χ0) is 14.4. The standard InChI is InChI=1S/C16H22O3/c1-11(2)10-19-14-6-7-15(13(4)9-14)12(3)5-8-16(17)18/h5-7,9,11H,8,10H2,1-4H3,(H,17,18)/b12-5+. The van der Waals surface area contributed by atoms with E-state index in [4.69, 9.17) is 9.84 Å². The van der Waals surface area contributed by atoms with Crippen LogP contribution in [0.1, 0.15) is 38.3 Å². The van der Waals surface area contributed by atoms with Gasteiger partial charge in [-0.25, -0.2) is 0 Å². The third-order valence-corrected chi connectivity index (χ3v) is 2.79. The molecule has 1 aromatic rings. The lowest BCUT2D eigenvalue weighted by molar-refractivity contribution is -0.135. The van der Waals surface area contributed by atoms with Gasteiger partial charge in [0.15, 0.2) is 0 Å². The summed E-state index contributed by atoms with van der Waals surface area (Å²) in [5.41, 5.74) is 3.15. The maximum absolute atomic E-state index is 10.6. The first-order valence-corrected chi connectivity index (χ1v) is 6.52. The van der Waals surface area contributed by atoms with Gasteiger partial charge in [-0.3, -0.25) is 4.79 Å². The number of aliphatic carboxylic acids is 1. The number of hydrogen-bond acceptors (Lipinski definition) is 2. The molecule has 0 aliphatic rings. The van der Waals surface area contributed by atoms with Gasteiger partial charge in [-0.2, -0.15) is 0 Å².